The molecule has 1 amide bonds. The van der Waals surface area contributed by atoms with E-state index in [1.165, 1.54) is 6.07 Å². The molecule has 1 aromatic rings. The Kier molecular flexibility index (Phi) is 5.22. The number of nitrogens with one attached hydrogen (secondary N) is 1. The SMILES string of the molecule is NC(=S)C1(NC(=O)c2ccc(Br)cc2O)CCCCCC1. The lowest BCUT2D eigenvalue weighted by Gasteiger charge is -2.33. The molecule has 1 aromatic carbocycles. The number of carbonyl (C=O) groups excluding carboxylic acids is 1. The second-order valence-electron chi connectivity index (χ2n) is 5.48. The number of thiocarbonyl (C=S) groups is 1. The maximum Gasteiger partial charge on any atom is 0.255 e. The van der Waals surface area contributed by atoms with Crippen LogP contribution in [0.3, 0.4) is 0 Å². The molecule has 0 unspecified atom stereocenters. The van der Waals surface area contributed by atoms with Gasteiger partial charge in [-0.15, -0.1) is 0 Å². The number of benzene rings is 1. The minimum atomic E-state index is -0.636. The Bertz CT molecular complexity index is 555. The van der Waals surface area contributed by atoms with Gasteiger partial charge < -0.3 is 16.2 Å². The Labute approximate surface area is 138 Å². The maximum atomic E-state index is 12.5. The van der Waals surface area contributed by atoms with Crippen LogP contribution >= 0.6 is 28.1 Å². The number of hydrogen-bond donors (Lipinski definition) is 3. The quantitative estimate of drug-likeness (QED) is 0.563. The Morgan fingerprint density at radius 3 is 2.43 bits per heavy atom. The zero-order valence-corrected chi connectivity index (χ0v) is 14.1. The zero-order valence-electron chi connectivity index (χ0n) is 11.7. The van der Waals surface area contributed by atoms with Gasteiger partial charge in [0.2, 0.25) is 0 Å². The highest BCUT2D eigenvalue weighted by Gasteiger charge is 2.36. The van der Waals surface area contributed by atoms with E-state index >= 15 is 0 Å². The highest BCUT2D eigenvalue weighted by molar-refractivity contribution is 9.10. The first kappa shape index (κ1) is 16.2. The van der Waals surface area contributed by atoms with Crippen molar-refractivity contribution >= 4 is 39.0 Å². The molecule has 0 saturated heterocycles. The summed E-state index contributed by atoms with van der Waals surface area (Å²) < 4.78 is 0.718. The molecule has 4 nitrogen and oxygen atoms in total. The van der Waals surface area contributed by atoms with Crippen molar-refractivity contribution in [3.8, 4) is 5.75 Å². The van der Waals surface area contributed by atoms with Gasteiger partial charge in [-0.05, 0) is 31.0 Å². The Balaban J connectivity index is 2.24. The molecule has 0 heterocycles. The van der Waals surface area contributed by atoms with Crippen LogP contribution in [0.4, 0.5) is 0 Å². The predicted molar refractivity (Wildman–Crippen MR) is 90.5 cm³/mol. The van der Waals surface area contributed by atoms with Gasteiger partial charge in [0, 0.05) is 4.47 Å². The van der Waals surface area contributed by atoms with Gasteiger partial charge >= 0.3 is 0 Å². The number of phenols is 1. The van der Waals surface area contributed by atoms with Gasteiger partial charge in [0.15, 0.2) is 0 Å². The molecule has 1 saturated carbocycles. The lowest BCUT2D eigenvalue weighted by atomic mass is 9.89. The first-order valence-corrected chi connectivity index (χ1v) is 8.26. The van der Waals surface area contributed by atoms with E-state index in [0.29, 0.717) is 4.99 Å². The third kappa shape index (κ3) is 3.74. The average Bonchev–Trinajstić information content (AvgIpc) is 2.65. The minimum absolute atomic E-state index is 0.0615. The number of rotatable bonds is 3. The topological polar surface area (TPSA) is 75.3 Å². The molecule has 1 aliphatic rings. The van der Waals surface area contributed by atoms with E-state index in [1.54, 1.807) is 12.1 Å². The van der Waals surface area contributed by atoms with E-state index in [0.717, 1.165) is 43.0 Å². The molecule has 1 aliphatic carbocycles. The van der Waals surface area contributed by atoms with E-state index in [4.69, 9.17) is 18.0 Å². The third-order valence-corrected chi connectivity index (χ3v) is 4.87. The second-order valence-corrected chi connectivity index (χ2v) is 6.83. The Morgan fingerprint density at radius 1 is 1.29 bits per heavy atom. The summed E-state index contributed by atoms with van der Waals surface area (Å²) in [4.78, 5) is 12.8. The van der Waals surface area contributed by atoms with E-state index in [1.807, 2.05) is 0 Å². The van der Waals surface area contributed by atoms with Gasteiger partial charge in [-0.1, -0.05) is 53.8 Å². The molecule has 6 heteroatoms. The smallest absolute Gasteiger partial charge is 0.255 e. The van der Waals surface area contributed by atoms with Crippen LogP contribution in [0.2, 0.25) is 0 Å². The number of amides is 1. The first-order chi connectivity index (χ1) is 9.94. The number of carbonyl (C=O) groups is 1. The van der Waals surface area contributed by atoms with Gasteiger partial charge in [-0.3, -0.25) is 4.79 Å². The molecule has 2 rings (SSSR count). The summed E-state index contributed by atoms with van der Waals surface area (Å²) in [5, 5.41) is 12.9. The number of phenolic OH excluding ortho intramolecular Hbond substituents is 1. The van der Waals surface area contributed by atoms with Gasteiger partial charge in [-0.2, -0.15) is 0 Å². The summed E-state index contributed by atoms with van der Waals surface area (Å²) in [7, 11) is 0. The number of hydrogen-bond acceptors (Lipinski definition) is 3. The largest absolute Gasteiger partial charge is 0.507 e. The molecular weight excluding hydrogens is 352 g/mol. The van der Waals surface area contributed by atoms with Crippen LogP contribution in [0.25, 0.3) is 0 Å². The third-order valence-electron chi connectivity index (χ3n) is 3.99. The van der Waals surface area contributed by atoms with Gasteiger partial charge in [0.05, 0.1) is 16.1 Å². The molecular formula is C15H19BrN2O2S. The van der Waals surface area contributed by atoms with Crippen LogP contribution in [-0.2, 0) is 0 Å². The van der Waals surface area contributed by atoms with Crippen molar-refractivity contribution in [2.24, 2.45) is 5.73 Å². The number of aromatic hydroxyl groups is 1. The molecule has 1 fully saturated rings. The van der Waals surface area contributed by atoms with Crippen molar-refractivity contribution in [1.82, 2.24) is 5.32 Å². The highest BCUT2D eigenvalue weighted by atomic mass is 79.9. The fourth-order valence-electron chi connectivity index (χ4n) is 2.75. The molecule has 0 aromatic heterocycles. The van der Waals surface area contributed by atoms with E-state index < -0.39 is 5.54 Å². The minimum Gasteiger partial charge on any atom is -0.507 e. The molecule has 0 aliphatic heterocycles. The van der Waals surface area contributed by atoms with E-state index in [9.17, 15) is 9.90 Å². The molecule has 0 spiro atoms. The second kappa shape index (κ2) is 6.75. The predicted octanol–water partition coefficient (Wildman–Crippen LogP) is 3.26. The molecule has 4 N–H and O–H groups in total. The summed E-state index contributed by atoms with van der Waals surface area (Å²) in [6.45, 7) is 0. The first-order valence-electron chi connectivity index (χ1n) is 7.05. The Hall–Kier alpha value is -1.14. The van der Waals surface area contributed by atoms with Gasteiger partial charge in [0.25, 0.3) is 5.91 Å². The summed E-state index contributed by atoms with van der Waals surface area (Å²) in [6.07, 6.45) is 5.75. The van der Waals surface area contributed by atoms with Crippen molar-refractivity contribution in [2.45, 2.75) is 44.1 Å². The van der Waals surface area contributed by atoms with Crippen molar-refractivity contribution in [1.29, 1.82) is 0 Å². The zero-order chi connectivity index (χ0) is 15.5. The van der Waals surface area contributed by atoms with Crippen LogP contribution in [0.1, 0.15) is 48.9 Å². The summed E-state index contributed by atoms with van der Waals surface area (Å²) >= 11 is 8.46. The van der Waals surface area contributed by atoms with Gasteiger partial charge in [0.1, 0.15) is 5.75 Å². The summed E-state index contributed by atoms with van der Waals surface area (Å²) in [5.41, 5.74) is 5.50. The average molecular weight is 371 g/mol. The van der Waals surface area contributed by atoms with Crippen LogP contribution in [-0.4, -0.2) is 21.5 Å². The molecule has 0 radical (unpaired) electrons. The highest BCUT2D eigenvalue weighted by Crippen LogP contribution is 2.29. The number of nitrogens with two attached hydrogens (primary N) is 1. The molecule has 114 valence electrons. The van der Waals surface area contributed by atoms with Crippen LogP contribution in [0.5, 0.6) is 5.75 Å². The lowest BCUT2D eigenvalue weighted by molar-refractivity contribution is 0.0915. The maximum absolute atomic E-state index is 12.5. The van der Waals surface area contributed by atoms with Crippen molar-refractivity contribution in [3.05, 3.63) is 28.2 Å². The van der Waals surface area contributed by atoms with E-state index in [2.05, 4.69) is 21.2 Å². The number of halogens is 1. The van der Waals surface area contributed by atoms with Crippen molar-refractivity contribution < 1.29 is 9.90 Å². The summed E-state index contributed by atoms with van der Waals surface area (Å²) in [6, 6.07) is 4.79. The van der Waals surface area contributed by atoms with Crippen molar-refractivity contribution in [3.63, 3.8) is 0 Å². The molecule has 21 heavy (non-hydrogen) atoms. The van der Waals surface area contributed by atoms with E-state index in [-0.39, 0.29) is 17.2 Å². The van der Waals surface area contributed by atoms with Crippen LogP contribution in [0.15, 0.2) is 22.7 Å². The van der Waals surface area contributed by atoms with Crippen LogP contribution in [0, 0.1) is 0 Å². The fraction of sp³-hybridized carbons (Fsp3) is 0.467. The summed E-state index contributed by atoms with van der Waals surface area (Å²) in [5.74, 6) is -0.400. The fourth-order valence-corrected chi connectivity index (χ4v) is 3.35. The van der Waals surface area contributed by atoms with Crippen LogP contribution < -0.4 is 11.1 Å². The standard InChI is InChI=1S/C15H19BrN2O2S/c16-10-5-6-11(12(19)9-10)13(20)18-15(14(17)21)7-3-1-2-4-8-15/h5-6,9,19H,1-4,7-8H2,(H2,17,21)(H,18,20). The van der Waals surface area contributed by atoms with Gasteiger partial charge in [-0.25, -0.2) is 0 Å². The normalized spacial score (nSPS) is 17.8. The molecule has 0 atom stereocenters. The Morgan fingerprint density at radius 2 is 1.90 bits per heavy atom. The van der Waals surface area contributed by atoms with Crippen molar-refractivity contribution in [2.75, 3.05) is 0 Å². The monoisotopic (exact) mass is 370 g/mol. The lowest BCUT2D eigenvalue weighted by Crippen LogP contribution is -2.56. The molecule has 0 bridgehead atoms.